The minimum Gasteiger partial charge on any atom is -0.493 e. The lowest BCUT2D eigenvalue weighted by Crippen LogP contribution is -2.39. The van der Waals surface area contributed by atoms with Crippen LogP contribution in [0, 0.1) is 0 Å². The number of hydrogen-bond acceptors (Lipinski definition) is 4. The predicted molar refractivity (Wildman–Crippen MR) is 119 cm³/mol. The van der Waals surface area contributed by atoms with Crippen molar-refractivity contribution in [2.24, 2.45) is 7.05 Å². The number of morpholine rings is 1. The number of rotatable bonds is 8. The summed E-state index contributed by atoms with van der Waals surface area (Å²) < 4.78 is 13.8. The summed E-state index contributed by atoms with van der Waals surface area (Å²) in [4.78, 5) is 2.47. The third-order valence-corrected chi connectivity index (χ3v) is 5.69. The van der Waals surface area contributed by atoms with E-state index >= 15 is 0 Å². The van der Waals surface area contributed by atoms with E-state index in [0.717, 1.165) is 56.2 Å². The maximum atomic E-state index is 6.04. The summed E-state index contributed by atoms with van der Waals surface area (Å²) in [5.74, 6) is 0.787. The Morgan fingerprint density at radius 1 is 1.10 bits per heavy atom. The first-order valence-electron chi connectivity index (χ1n) is 10.5. The molecule has 1 aliphatic rings. The Bertz CT molecular complexity index is 945. The Morgan fingerprint density at radius 3 is 2.80 bits per heavy atom. The molecule has 158 valence electrons. The number of benzene rings is 2. The SMILES string of the molecule is Cn1nc(C2CN(CCc3ccccc3)CCO2)cc1CCOc1cccc(Cl)c1. The normalized spacial score (nSPS) is 17.2. The van der Waals surface area contributed by atoms with Gasteiger partial charge in [0.25, 0.3) is 0 Å². The Hall–Kier alpha value is -2.34. The molecule has 0 spiro atoms. The van der Waals surface area contributed by atoms with Gasteiger partial charge in [-0.2, -0.15) is 5.10 Å². The van der Waals surface area contributed by atoms with Gasteiger partial charge < -0.3 is 9.47 Å². The van der Waals surface area contributed by atoms with Crippen LogP contribution in [0.15, 0.2) is 60.7 Å². The lowest BCUT2D eigenvalue weighted by atomic mass is 10.1. The van der Waals surface area contributed by atoms with Crippen LogP contribution in [-0.2, 0) is 24.6 Å². The molecule has 1 saturated heterocycles. The van der Waals surface area contributed by atoms with Gasteiger partial charge in [0.1, 0.15) is 11.9 Å². The van der Waals surface area contributed by atoms with Gasteiger partial charge in [0.2, 0.25) is 0 Å². The highest BCUT2D eigenvalue weighted by molar-refractivity contribution is 6.30. The Labute approximate surface area is 183 Å². The van der Waals surface area contributed by atoms with Gasteiger partial charge in [-0.3, -0.25) is 9.58 Å². The zero-order valence-electron chi connectivity index (χ0n) is 17.3. The molecule has 0 radical (unpaired) electrons. The molecule has 1 aliphatic heterocycles. The third-order valence-electron chi connectivity index (χ3n) is 5.46. The van der Waals surface area contributed by atoms with Crippen molar-refractivity contribution in [3.63, 3.8) is 0 Å². The molecular weight excluding hydrogens is 398 g/mol. The first-order valence-corrected chi connectivity index (χ1v) is 10.8. The fourth-order valence-corrected chi connectivity index (χ4v) is 3.95. The number of aromatic nitrogens is 2. The van der Waals surface area contributed by atoms with E-state index < -0.39 is 0 Å². The van der Waals surface area contributed by atoms with Gasteiger partial charge in [0.05, 0.1) is 18.9 Å². The highest BCUT2D eigenvalue weighted by atomic mass is 35.5. The Balaban J connectivity index is 1.30. The van der Waals surface area contributed by atoms with Crippen molar-refractivity contribution in [3.8, 4) is 5.75 Å². The van der Waals surface area contributed by atoms with Crippen molar-refractivity contribution in [1.29, 1.82) is 0 Å². The summed E-state index contributed by atoms with van der Waals surface area (Å²) in [6, 6.07) is 20.3. The van der Waals surface area contributed by atoms with E-state index in [4.69, 9.17) is 26.2 Å². The van der Waals surface area contributed by atoms with E-state index in [9.17, 15) is 0 Å². The summed E-state index contributed by atoms with van der Waals surface area (Å²) in [6.45, 7) is 4.20. The summed E-state index contributed by atoms with van der Waals surface area (Å²) in [5, 5.41) is 5.40. The lowest BCUT2D eigenvalue weighted by Gasteiger charge is -2.32. The zero-order valence-corrected chi connectivity index (χ0v) is 18.1. The molecule has 5 nitrogen and oxygen atoms in total. The summed E-state index contributed by atoms with van der Waals surface area (Å²) in [5.41, 5.74) is 3.51. The molecule has 1 unspecified atom stereocenters. The van der Waals surface area contributed by atoms with Gasteiger partial charge in [0.15, 0.2) is 0 Å². The molecule has 0 N–H and O–H groups in total. The predicted octanol–water partition coefficient (Wildman–Crippen LogP) is 4.31. The van der Waals surface area contributed by atoms with Gasteiger partial charge in [-0.05, 0) is 36.2 Å². The van der Waals surface area contributed by atoms with Crippen LogP contribution in [-0.4, -0.2) is 47.5 Å². The standard InChI is InChI=1S/C24H28ClN3O2/c1-27-21(11-14-29-22-9-5-8-20(25)16-22)17-23(26-27)24-18-28(13-15-30-24)12-10-19-6-3-2-4-7-19/h2-9,16-17,24H,10-15,18H2,1H3. The number of halogens is 1. The fourth-order valence-electron chi connectivity index (χ4n) is 3.77. The van der Waals surface area contributed by atoms with Crippen molar-refractivity contribution >= 4 is 11.6 Å². The fraction of sp³-hybridized carbons (Fsp3) is 0.375. The molecular formula is C24H28ClN3O2. The van der Waals surface area contributed by atoms with Gasteiger partial charge in [-0.15, -0.1) is 0 Å². The lowest BCUT2D eigenvalue weighted by molar-refractivity contribution is -0.0318. The Morgan fingerprint density at radius 2 is 1.97 bits per heavy atom. The zero-order chi connectivity index (χ0) is 20.8. The van der Waals surface area contributed by atoms with Crippen LogP contribution < -0.4 is 4.74 Å². The topological polar surface area (TPSA) is 39.5 Å². The second-order valence-corrected chi connectivity index (χ2v) is 8.07. The molecule has 1 fully saturated rings. The minimum atomic E-state index is 0.0170. The first-order chi connectivity index (χ1) is 14.7. The molecule has 2 aromatic carbocycles. The largest absolute Gasteiger partial charge is 0.493 e. The molecule has 0 amide bonds. The molecule has 6 heteroatoms. The highest BCUT2D eigenvalue weighted by Crippen LogP contribution is 2.23. The summed E-state index contributed by atoms with van der Waals surface area (Å²) >= 11 is 6.01. The Kier molecular flexibility index (Phi) is 7.05. The van der Waals surface area contributed by atoms with E-state index in [1.165, 1.54) is 5.56 Å². The van der Waals surface area contributed by atoms with Crippen LogP contribution in [0.5, 0.6) is 5.75 Å². The number of ether oxygens (including phenoxy) is 2. The number of nitrogens with zero attached hydrogens (tertiary/aromatic N) is 3. The average Bonchev–Trinajstić information content (AvgIpc) is 3.14. The molecule has 4 rings (SSSR count). The van der Waals surface area contributed by atoms with Crippen molar-refractivity contribution in [3.05, 3.63) is 82.6 Å². The minimum absolute atomic E-state index is 0.0170. The van der Waals surface area contributed by atoms with Gasteiger partial charge >= 0.3 is 0 Å². The molecule has 1 aromatic heterocycles. The first kappa shape index (κ1) is 20.9. The maximum absolute atomic E-state index is 6.04. The molecule has 0 bridgehead atoms. The molecule has 30 heavy (non-hydrogen) atoms. The van der Waals surface area contributed by atoms with Gasteiger partial charge in [-0.1, -0.05) is 48.0 Å². The van der Waals surface area contributed by atoms with Gasteiger partial charge in [-0.25, -0.2) is 0 Å². The summed E-state index contributed by atoms with van der Waals surface area (Å²) in [7, 11) is 1.98. The van der Waals surface area contributed by atoms with Crippen molar-refractivity contribution in [2.75, 3.05) is 32.8 Å². The van der Waals surface area contributed by atoms with E-state index in [0.29, 0.717) is 11.6 Å². The monoisotopic (exact) mass is 425 g/mol. The smallest absolute Gasteiger partial charge is 0.120 e. The molecule has 0 aliphatic carbocycles. The van der Waals surface area contributed by atoms with E-state index in [1.807, 2.05) is 36.0 Å². The average molecular weight is 426 g/mol. The molecule has 0 saturated carbocycles. The van der Waals surface area contributed by atoms with Crippen molar-refractivity contribution in [2.45, 2.75) is 18.9 Å². The van der Waals surface area contributed by atoms with Crippen LogP contribution in [0.4, 0.5) is 0 Å². The number of hydrogen-bond donors (Lipinski definition) is 0. The van der Waals surface area contributed by atoms with E-state index in [1.54, 1.807) is 0 Å². The highest BCUT2D eigenvalue weighted by Gasteiger charge is 2.24. The quantitative estimate of drug-likeness (QED) is 0.539. The second kappa shape index (κ2) is 10.1. The summed E-state index contributed by atoms with van der Waals surface area (Å²) in [6.07, 6.45) is 1.85. The molecule has 1 atom stereocenters. The second-order valence-electron chi connectivity index (χ2n) is 7.64. The molecule has 3 aromatic rings. The van der Waals surface area contributed by atoms with E-state index in [2.05, 4.69) is 41.3 Å². The van der Waals surface area contributed by atoms with Crippen LogP contribution >= 0.6 is 11.6 Å². The van der Waals surface area contributed by atoms with Crippen molar-refractivity contribution in [1.82, 2.24) is 14.7 Å². The van der Waals surface area contributed by atoms with Crippen LogP contribution in [0.2, 0.25) is 5.02 Å². The van der Waals surface area contributed by atoms with Crippen molar-refractivity contribution < 1.29 is 9.47 Å². The maximum Gasteiger partial charge on any atom is 0.120 e. The third kappa shape index (κ3) is 5.63. The van der Waals surface area contributed by atoms with Crippen LogP contribution in [0.25, 0.3) is 0 Å². The van der Waals surface area contributed by atoms with Gasteiger partial charge in [0, 0.05) is 43.8 Å². The number of aryl methyl sites for hydroxylation is 1. The van der Waals surface area contributed by atoms with Crippen LogP contribution in [0.3, 0.4) is 0 Å². The molecule has 2 heterocycles. The van der Waals surface area contributed by atoms with E-state index in [-0.39, 0.29) is 6.10 Å². The van der Waals surface area contributed by atoms with Crippen LogP contribution in [0.1, 0.15) is 23.1 Å².